The molecule has 1 saturated heterocycles. The van der Waals surface area contributed by atoms with Crippen molar-refractivity contribution in [3.8, 4) is 27.6 Å². The lowest BCUT2D eigenvalue weighted by Gasteiger charge is -2.30. The maximum Gasteiger partial charge on any atom is 0.264 e. The molecule has 7 nitrogen and oxygen atoms in total. The van der Waals surface area contributed by atoms with E-state index >= 15 is 4.39 Å². The van der Waals surface area contributed by atoms with Gasteiger partial charge in [-0.05, 0) is 55.5 Å². The second kappa shape index (κ2) is 9.27. The molecule has 38 heavy (non-hydrogen) atoms. The van der Waals surface area contributed by atoms with Crippen LogP contribution in [0.2, 0.25) is 0 Å². The Morgan fingerprint density at radius 1 is 1.21 bits per heavy atom. The van der Waals surface area contributed by atoms with E-state index in [1.165, 1.54) is 18.2 Å². The first-order valence-electron chi connectivity index (χ1n) is 12.5. The van der Waals surface area contributed by atoms with E-state index in [1.807, 2.05) is 6.07 Å². The number of carbonyl (C=O) groups is 1. The monoisotopic (exact) mass is 533 g/mol. The van der Waals surface area contributed by atoms with Crippen LogP contribution >= 0.6 is 11.3 Å². The van der Waals surface area contributed by atoms with Crippen LogP contribution in [-0.4, -0.2) is 50.4 Å². The maximum absolute atomic E-state index is 15.6. The standard InChI is InChI=1S/C28H25F2N5O2S/c29-22-9-16(3-4-17(22)12-31)20-10-25(27(36)34-7-1-2-19(32)14-34)38-26(20)21-8-18-13-35(15-28(37)5-6-28)33-24(18)11-23(21)30/h3-4,8-11,13,19,37H,1-2,5-7,14-15,32H2. The summed E-state index contributed by atoms with van der Waals surface area (Å²) < 4.78 is 31.8. The summed E-state index contributed by atoms with van der Waals surface area (Å²) >= 11 is 1.15. The number of carbonyl (C=O) groups excluding carboxylic acids is 1. The van der Waals surface area contributed by atoms with Crippen molar-refractivity contribution in [2.24, 2.45) is 5.73 Å². The van der Waals surface area contributed by atoms with E-state index in [2.05, 4.69) is 5.10 Å². The summed E-state index contributed by atoms with van der Waals surface area (Å²) in [6.45, 7) is 1.37. The van der Waals surface area contributed by atoms with Crippen LogP contribution in [0.15, 0.2) is 42.6 Å². The number of thiophene rings is 1. The molecule has 1 atom stereocenters. The van der Waals surface area contributed by atoms with Gasteiger partial charge < -0.3 is 15.7 Å². The van der Waals surface area contributed by atoms with Crippen LogP contribution in [0.4, 0.5) is 8.78 Å². The lowest BCUT2D eigenvalue weighted by Crippen LogP contribution is -2.45. The minimum atomic E-state index is -0.754. The molecule has 2 fully saturated rings. The molecular formula is C28H25F2N5O2S. The Bertz CT molecular complexity index is 1620. The molecule has 10 heteroatoms. The third-order valence-corrected chi connectivity index (χ3v) is 8.41. The van der Waals surface area contributed by atoms with Crippen LogP contribution in [-0.2, 0) is 6.54 Å². The normalized spacial score (nSPS) is 18.5. The first kappa shape index (κ1) is 24.7. The number of piperidine rings is 1. The van der Waals surface area contributed by atoms with Gasteiger partial charge in [0.1, 0.15) is 17.7 Å². The fourth-order valence-electron chi connectivity index (χ4n) is 4.99. The first-order valence-corrected chi connectivity index (χ1v) is 13.3. The van der Waals surface area contributed by atoms with Gasteiger partial charge in [-0.3, -0.25) is 9.48 Å². The van der Waals surface area contributed by atoms with Crippen molar-refractivity contribution in [2.75, 3.05) is 13.1 Å². The Balaban J connectivity index is 1.46. The molecule has 194 valence electrons. The van der Waals surface area contributed by atoms with Crippen LogP contribution in [0.1, 0.15) is 40.9 Å². The Kier molecular flexibility index (Phi) is 6.02. The van der Waals surface area contributed by atoms with Crippen molar-refractivity contribution in [2.45, 2.75) is 43.9 Å². The molecule has 2 aliphatic rings. The minimum absolute atomic E-state index is 0.0932. The number of hydrogen-bond acceptors (Lipinski definition) is 6. The fourth-order valence-corrected chi connectivity index (χ4v) is 6.16. The minimum Gasteiger partial charge on any atom is -0.388 e. The van der Waals surface area contributed by atoms with Gasteiger partial charge in [-0.15, -0.1) is 11.3 Å². The Morgan fingerprint density at radius 2 is 2.03 bits per heavy atom. The fraction of sp³-hybridized carbons (Fsp3) is 0.321. The average Bonchev–Trinajstić information content (AvgIpc) is 3.28. The maximum atomic E-state index is 15.6. The molecular weight excluding hydrogens is 508 g/mol. The van der Waals surface area contributed by atoms with Crippen molar-refractivity contribution < 1.29 is 18.7 Å². The molecule has 1 aliphatic carbocycles. The Labute approximate surface area is 221 Å². The zero-order valence-electron chi connectivity index (χ0n) is 20.5. The molecule has 6 rings (SSSR count). The lowest BCUT2D eigenvalue weighted by atomic mass is 9.99. The summed E-state index contributed by atoms with van der Waals surface area (Å²) in [5, 5.41) is 24.5. The number of nitriles is 1. The second-order valence-electron chi connectivity index (χ2n) is 10.3. The zero-order valence-corrected chi connectivity index (χ0v) is 21.3. The Morgan fingerprint density at radius 3 is 2.74 bits per heavy atom. The summed E-state index contributed by atoms with van der Waals surface area (Å²) in [6.07, 6.45) is 4.85. The summed E-state index contributed by atoms with van der Waals surface area (Å²) in [5.41, 5.74) is 6.90. The molecule has 0 bridgehead atoms. The van der Waals surface area contributed by atoms with E-state index < -0.39 is 17.2 Å². The third kappa shape index (κ3) is 4.58. The third-order valence-electron chi connectivity index (χ3n) is 7.26. The van der Waals surface area contributed by atoms with Crippen LogP contribution in [0.25, 0.3) is 32.5 Å². The van der Waals surface area contributed by atoms with Gasteiger partial charge in [-0.2, -0.15) is 10.4 Å². The predicted molar refractivity (Wildman–Crippen MR) is 140 cm³/mol. The number of rotatable bonds is 5. The molecule has 3 heterocycles. The molecule has 1 saturated carbocycles. The number of fused-ring (bicyclic) bond motifs is 1. The van der Waals surface area contributed by atoms with Crippen LogP contribution in [0, 0.1) is 23.0 Å². The van der Waals surface area contributed by atoms with Gasteiger partial charge in [-0.1, -0.05) is 6.07 Å². The van der Waals surface area contributed by atoms with E-state index in [1.54, 1.807) is 34.0 Å². The Hall–Kier alpha value is -3.65. The lowest BCUT2D eigenvalue weighted by molar-refractivity contribution is 0.0713. The van der Waals surface area contributed by atoms with Crippen LogP contribution in [0.3, 0.4) is 0 Å². The van der Waals surface area contributed by atoms with E-state index in [0.29, 0.717) is 64.3 Å². The number of aliphatic hydroxyl groups is 1. The molecule has 2 aromatic heterocycles. The van der Waals surface area contributed by atoms with Gasteiger partial charge in [0.25, 0.3) is 5.91 Å². The summed E-state index contributed by atoms with van der Waals surface area (Å²) in [5.74, 6) is -1.41. The number of benzene rings is 2. The van der Waals surface area contributed by atoms with Gasteiger partial charge in [0.05, 0.1) is 28.1 Å². The number of likely N-dealkylation sites (tertiary alicyclic amines) is 1. The summed E-state index contributed by atoms with van der Waals surface area (Å²) in [7, 11) is 0. The highest BCUT2D eigenvalue weighted by Crippen LogP contribution is 2.43. The average molecular weight is 534 g/mol. The van der Waals surface area contributed by atoms with Crippen molar-refractivity contribution >= 4 is 28.1 Å². The largest absolute Gasteiger partial charge is 0.388 e. The SMILES string of the molecule is N#Cc1ccc(-c2cc(C(=O)N3CCCC(N)C3)sc2-c2cc3cn(CC4(O)CC4)nc3cc2F)cc1F. The van der Waals surface area contributed by atoms with E-state index in [4.69, 9.17) is 11.0 Å². The number of aromatic nitrogens is 2. The molecule has 4 aromatic rings. The number of amides is 1. The second-order valence-corrected chi connectivity index (χ2v) is 11.3. The number of hydrogen-bond donors (Lipinski definition) is 2. The highest BCUT2D eigenvalue weighted by Gasteiger charge is 2.41. The van der Waals surface area contributed by atoms with Gasteiger partial charge in [-0.25, -0.2) is 8.78 Å². The van der Waals surface area contributed by atoms with E-state index in [9.17, 15) is 14.3 Å². The quantitative estimate of drug-likeness (QED) is 0.388. The molecule has 1 amide bonds. The van der Waals surface area contributed by atoms with Crippen molar-refractivity contribution in [1.29, 1.82) is 5.26 Å². The van der Waals surface area contributed by atoms with Gasteiger partial charge in [0.2, 0.25) is 0 Å². The van der Waals surface area contributed by atoms with Gasteiger partial charge in [0, 0.05) is 52.8 Å². The van der Waals surface area contributed by atoms with Gasteiger partial charge >= 0.3 is 0 Å². The van der Waals surface area contributed by atoms with E-state index in [0.717, 1.165) is 24.2 Å². The van der Waals surface area contributed by atoms with Gasteiger partial charge in [0.15, 0.2) is 0 Å². The van der Waals surface area contributed by atoms with E-state index in [-0.39, 0.29) is 23.1 Å². The molecule has 0 spiro atoms. The number of halogens is 2. The summed E-state index contributed by atoms with van der Waals surface area (Å²) in [4.78, 5) is 16.0. The highest BCUT2D eigenvalue weighted by molar-refractivity contribution is 7.18. The van der Waals surface area contributed by atoms with Crippen molar-refractivity contribution in [3.05, 3.63) is 64.7 Å². The molecule has 1 aliphatic heterocycles. The molecule has 3 N–H and O–H groups in total. The summed E-state index contributed by atoms with van der Waals surface area (Å²) in [6, 6.07) is 10.6. The van der Waals surface area contributed by atoms with Crippen LogP contribution < -0.4 is 5.73 Å². The number of nitrogens with two attached hydrogens (primary N) is 1. The smallest absolute Gasteiger partial charge is 0.264 e. The number of nitrogens with zero attached hydrogens (tertiary/aromatic N) is 4. The zero-order chi connectivity index (χ0) is 26.6. The van der Waals surface area contributed by atoms with Crippen molar-refractivity contribution in [1.82, 2.24) is 14.7 Å². The van der Waals surface area contributed by atoms with Crippen LogP contribution in [0.5, 0.6) is 0 Å². The topological polar surface area (TPSA) is 108 Å². The predicted octanol–water partition coefficient (Wildman–Crippen LogP) is 4.67. The molecule has 1 unspecified atom stereocenters. The first-order chi connectivity index (χ1) is 18.2. The molecule has 2 aromatic carbocycles. The van der Waals surface area contributed by atoms with Crippen molar-refractivity contribution in [3.63, 3.8) is 0 Å². The highest BCUT2D eigenvalue weighted by atomic mass is 32.1. The molecule has 0 radical (unpaired) electrons.